The summed E-state index contributed by atoms with van der Waals surface area (Å²) in [4.78, 5) is 0.575. The third kappa shape index (κ3) is 10.8. The van der Waals surface area contributed by atoms with Gasteiger partial charge in [0, 0.05) is 10.2 Å². The Kier molecular flexibility index (Phi) is 12.4. The summed E-state index contributed by atoms with van der Waals surface area (Å²) in [5.41, 5.74) is 0. The van der Waals surface area contributed by atoms with Gasteiger partial charge in [0.25, 0.3) is 0 Å². The zero-order valence-electron chi connectivity index (χ0n) is 9.14. The Labute approximate surface area is 106 Å². The van der Waals surface area contributed by atoms with E-state index in [2.05, 4.69) is 50.9 Å². The molecule has 0 N–H and O–H groups in total. The first kappa shape index (κ1) is 14.7. The molecule has 0 aromatic rings. The van der Waals surface area contributed by atoms with Gasteiger partial charge in [0.2, 0.25) is 0 Å². The van der Waals surface area contributed by atoms with E-state index >= 15 is 0 Å². The van der Waals surface area contributed by atoms with Crippen LogP contribution in [0, 0.1) is 0 Å². The van der Waals surface area contributed by atoms with Gasteiger partial charge in [-0.15, -0.1) is 0 Å². The number of alkyl halides is 2. The molecule has 1 unspecified atom stereocenters. The van der Waals surface area contributed by atoms with Crippen LogP contribution in [-0.4, -0.2) is 10.2 Å². The zero-order valence-corrected chi connectivity index (χ0v) is 12.3. The minimum absolute atomic E-state index is 0.575. The van der Waals surface area contributed by atoms with Gasteiger partial charge >= 0.3 is 0 Å². The first-order chi connectivity index (χ1) is 6.81. The van der Waals surface area contributed by atoms with E-state index in [9.17, 15) is 0 Å². The average molecular weight is 326 g/mol. The van der Waals surface area contributed by atoms with Crippen LogP contribution in [0.4, 0.5) is 0 Å². The first-order valence-corrected chi connectivity index (χ1v) is 7.71. The summed E-state index contributed by atoms with van der Waals surface area (Å²) in [6.07, 6.45) is 14.0. The van der Waals surface area contributed by atoms with Crippen LogP contribution in [0.5, 0.6) is 0 Å². The average Bonchev–Trinajstić information content (AvgIpc) is 2.20. The highest BCUT2D eigenvalue weighted by molar-refractivity contribution is 9.09. The Balaban J connectivity index is 3.14. The van der Waals surface area contributed by atoms with Crippen molar-refractivity contribution in [2.45, 2.75) is 56.7 Å². The van der Waals surface area contributed by atoms with Gasteiger partial charge in [-0.25, -0.2) is 0 Å². The molecule has 14 heavy (non-hydrogen) atoms. The Hall–Kier alpha value is 0.700. The van der Waals surface area contributed by atoms with Crippen molar-refractivity contribution >= 4 is 31.9 Å². The predicted octanol–water partition coefficient (Wildman–Crippen LogP) is 5.45. The third-order valence-electron chi connectivity index (χ3n) is 2.27. The number of hydrogen-bond donors (Lipinski definition) is 0. The fourth-order valence-electron chi connectivity index (χ4n) is 1.41. The molecule has 0 spiro atoms. The van der Waals surface area contributed by atoms with Crippen molar-refractivity contribution in [2.75, 3.05) is 5.33 Å². The van der Waals surface area contributed by atoms with Crippen molar-refractivity contribution in [3.8, 4) is 0 Å². The van der Waals surface area contributed by atoms with Gasteiger partial charge in [0.15, 0.2) is 0 Å². The summed E-state index contributed by atoms with van der Waals surface area (Å²) < 4.78 is 0. The van der Waals surface area contributed by atoms with Gasteiger partial charge in [-0.2, -0.15) is 0 Å². The Morgan fingerprint density at radius 1 is 1.07 bits per heavy atom. The van der Waals surface area contributed by atoms with E-state index < -0.39 is 0 Å². The van der Waals surface area contributed by atoms with Crippen molar-refractivity contribution in [2.24, 2.45) is 0 Å². The highest BCUT2D eigenvalue weighted by atomic mass is 79.9. The fourth-order valence-corrected chi connectivity index (χ4v) is 2.17. The molecule has 0 radical (unpaired) electrons. The van der Waals surface area contributed by atoms with Gasteiger partial charge in [0.1, 0.15) is 0 Å². The van der Waals surface area contributed by atoms with E-state index in [0.29, 0.717) is 4.83 Å². The van der Waals surface area contributed by atoms with Gasteiger partial charge in [0.05, 0.1) is 0 Å². The normalized spacial score (nSPS) is 13.6. The molecule has 0 aliphatic rings. The third-order valence-corrected chi connectivity index (χ3v) is 3.40. The molecule has 0 saturated heterocycles. The molecular formula is C12H22Br2. The Bertz CT molecular complexity index is 132. The molecular weight excluding hydrogens is 304 g/mol. The zero-order chi connectivity index (χ0) is 10.6. The van der Waals surface area contributed by atoms with Crippen LogP contribution in [0.3, 0.4) is 0 Å². The fraction of sp³-hybridized carbons (Fsp3) is 0.833. The first-order valence-electron chi connectivity index (χ1n) is 5.68. The lowest BCUT2D eigenvalue weighted by Gasteiger charge is -2.03. The van der Waals surface area contributed by atoms with Gasteiger partial charge in [-0.1, -0.05) is 89.5 Å². The molecule has 0 nitrogen and oxygen atoms in total. The summed E-state index contributed by atoms with van der Waals surface area (Å²) in [5.74, 6) is 0. The second kappa shape index (κ2) is 11.8. The molecule has 0 aliphatic heterocycles. The predicted molar refractivity (Wildman–Crippen MR) is 73.6 cm³/mol. The van der Waals surface area contributed by atoms with Crippen LogP contribution in [0.1, 0.15) is 51.9 Å². The van der Waals surface area contributed by atoms with Crippen LogP contribution >= 0.6 is 31.9 Å². The highest BCUT2D eigenvalue weighted by Crippen LogP contribution is 2.14. The molecule has 0 heterocycles. The molecule has 0 amide bonds. The van der Waals surface area contributed by atoms with E-state index in [0.717, 1.165) is 5.33 Å². The van der Waals surface area contributed by atoms with E-state index in [1.54, 1.807) is 0 Å². The quantitative estimate of drug-likeness (QED) is 0.300. The maximum Gasteiger partial charge on any atom is 0.0325 e. The van der Waals surface area contributed by atoms with Crippen LogP contribution in [0.15, 0.2) is 12.2 Å². The maximum atomic E-state index is 3.65. The van der Waals surface area contributed by atoms with E-state index in [1.165, 1.54) is 44.9 Å². The molecule has 2 heteroatoms. The van der Waals surface area contributed by atoms with Crippen LogP contribution in [0.2, 0.25) is 0 Å². The highest BCUT2D eigenvalue weighted by Gasteiger charge is 1.98. The molecule has 0 aromatic carbocycles. The van der Waals surface area contributed by atoms with E-state index in [-0.39, 0.29) is 0 Å². The second-order valence-electron chi connectivity index (χ2n) is 3.65. The molecule has 0 saturated carbocycles. The lowest BCUT2D eigenvalue weighted by molar-refractivity contribution is 0.596. The smallest absolute Gasteiger partial charge is 0.0325 e. The summed E-state index contributed by atoms with van der Waals surface area (Å²) >= 11 is 7.03. The number of rotatable bonds is 9. The molecule has 84 valence electrons. The lowest BCUT2D eigenvalue weighted by atomic mass is 10.1. The summed E-state index contributed by atoms with van der Waals surface area (Å²) in [7, 11) is 0. The molecule has 0 aliphatic carbocycles. The van der Waals surface area contributed by atoms with Crippen molar-refractivity contribution in [1.82, 2.24) is 0 Å². The topological polar surface area (TPSA) is 0 Å². The minimum atomic E-state index is 0.575. The largest absolute Gasteiger partial charge is 0.0883 e. The number of unbranched alkanes of at least 4 members (excludes halogenated alkanes) is 5. The SMILES string of the molecule is CCCCCCCCC(Br)C=CCBr. The van der Waals surface area contributed by atoms with Gasteiger partial charge < -0.3 is 0 Å². The summed E-state index contributed by atoms with van der Waals surface area (Å²) in [5, 5.41) is 0.964. The molecule has 0 rings (SSSR count). The van der Waals surface area contributed by atoms with Crippen LogP contribution in [-0.2, 0) is 0 Å². The van der Waals surface area contributed by atoms with Crippen molar-refractivity contribution in [1.29, 1.82) is 0 Å². The summed E-state index contributed by atoms with van der Waals surface area (Å²) in [6, 6.07) is 0. The van der Waals surface area contributed by atoms with E-state index in [1.807, 2.05) is 0 Å². The van der Waals surface area contributed by atoms with Crippen molar-refractivity contribution < 1.29 is 0 Å². The van der Waals surface area contributed by atoms with E-state index in [4.69, 9.17) is 0 Å². The standard InChI is InChI=1S/C12H22Br2/c1-2-3-4-5-6-7-9-12(14)10-8-11-13/h8,10,12H,2-7,9,11H2,1H3. The molecule has 0 bridgehead atoms. The van der Waals surface area contributed by atoms with Gasteiger partial charge in [-0.05, 0) is 6.42 Å². The molecule has 0 aromatic heterocycles. The number of allylic oxidation sites excluding steroid dienone is 2. The minimum Gasteiger partial charge on any atom is -0.0883 e. The van der Waals surface area contributed by atoms with Crippen molar-refractivity contribution in [3.63, 3.8) is 0 Å². The van der Waals surface area contributed by atoms with Gasteiger partial charge in [-0.3, -0.25) is 0 Å². The maximum absolute atomic E-state index is 3.65. The molecule has 1 atom stereocenters. The second-order valence-corrected chi connectivity index (χ2v) is 5.48. The Morgan fingerprint density at radius 2 is 1.71 bits per heavy atom. The summed E-state index contributed by atoms with van der Waals surface area (Å²) in [6.45, 7) is 2.26. The lowest BCUT2D eigenvalue weighted by Crippen LogP contribution is -1.92. The Morgan fingerprint density at radius 3 is 2.36 bits per heavy atom. The van der Waals surface area contributed by atoms with Crippen LogP contribution in [0.25, 0.3) is 0 Å². The van der Waals surface area contributed by atoms with Crippen molar-refractivity contribution in [3.05, 3.63) is 12.2 Å². The molecule has 0 fully saturated rings. The number of halogens is 2. The monoisotopic (exact) mass is 324 g/mol. The number of hydrogen-bond acceptors (Lipinski definition) is 0. The van der Waals surface area contributed by atoms with Crippen LogP contribution < -0.4 is 0 Å².